The average molecular weight is 380 g/mol. The van der Waals surface area contributed by atoms with Crippen LogP contribution >= 0.6 is 11.3 Å². The molecule has 0 aliphatic rings. The SMILES string of the molecule is C=C(/C=C(\C)c1cc(=O)c(C(=O)O)cn1CCC)c1cccc2scnc12. The topological polar surface area (TPSA) is 72.2 Å². The van der Waals surface area contributed by atoms with Gasteiger partial charge < -0.3 is 9.67 Å². The maximum absolute atomic E-state index is 12.2. The van der Waals surface area contributed by atoms with Gasteiger partial charge in [-0.2, -0.15) is 0 Å². The van der Waals surface area contributed by atoms with E-state index in [0.29, 0.717) is 12.2 Å². The van der Waals surface area contributed by atoms with Crippen LogP contribution in [0.2, 0.25) is 0 Å². The first-order valence-corrected chi connectivity index (χ1v) is 9.48. The number of nitrogens with zero attached hydrogens (tertiary/aromatic N) is 2. The number of benzene rings is 1. The Labute approximate surface area is 160 Å². The van der Waals surface area contributed by atoms with Gasteiger partial charge in [-0.15, -0.1) is 11.3 Å². The Kier molecular flexibility index (Phi) is 5.37. The standard InChI is InChI=1S/C21H20N2O3S/c1-4-8-23-11-16(21(25)26)18(24)10-17(23)14(3)9-13(2)15-6-5-7-19-20(15)22-12-27-19/h5-7,9-12H,2,4,8H2,1,3H3,(H,25,26)/b14-9+. The number of carboxylic acids is 1. The summed E-state index contributed by atoms with van der Waals surface area (Å²) in [5, 5.41) is 9.21. The van der Waals surface area contributed by atoms with Crippen molar-refractivity contribution < 1.29 is 9.90 Å². The maximum Gasteiger partial charge on any atom is 0.341 e. The highest BCUT2D eigenvalue weighted by Crippen LogP contribution is 2.28. The van der Waals surface area contributed by atoms with Gasteiger partial charge in [0.25, 0.3) is 0 Å². The van der Waals surface area contributed by atoms with E-state index in [2.05, 4.69) is 11.6 Å². The Morgan fingerprint density at radius 3 is 2.85 bits per heavy atom. The second-order valence-electron chi connectivity index (χ2n) is 6.29. The van der Waals surface area contributed by atoms with E-state index < -0.39 is 11.4 Å². The quantitative estimate of drug-likeness (QED) is 0.630. The summed E-state index contributed by atoms with van der Waals surface area (Å²) in [6.45, 7) is 8.69. The van der Waals surface area contributed by atoms with Crippen molar-refractivity contribution in [2.75, 3.05) is 0 Å². The Hall–Kier alpha value is -2.99. The lowest BCUT2D eigenvalue weighted by atomic mass is 10.0. The van der Waals surface area contributed by atoms with E-state index >= 15 is 0 Å². The van der Waals surface area contributed by atoms with Crippen LogP contribution in [0.15, 0.2) is 53.4 Å². The van der Waals surface area contributed by atoms with Gasteiger partial charge in [0.05, 0.1) is 15.7 Å². The molecule has 1 N–H and O–H groups in total. The summed E-state index contributed by atoms with van der Waals surface area (Å²) >= 11 is 1.58. The van der Waals surface area contributed by atoms with E-state index in [1.807, 2.05) is 48.2 Å². The van der Waals surface area contributed by atoms with Crippen LogP contribution in [0, 0.1) is 0 Å². The number of hydrogen-bond donors (Lipinski definition) is 1. The molecule has 6 heteroatoms. The average Bonchev–Trinajstić information content (AvgIpc) is 3.11. The number of rotatable bonds is 6. The maximum atomic E-state index is 12.2. The number of aryl methyl sites for hydroxylation is 1. The second-order valence-corrected chi connectivity index (χ2v) is 7.18. The summed E-state index contributed by atoms with van der Waals surface area (Å²) in [7, 11) is 0. The van der Waals surface area contributed by atoms with E-state index in [4.69, 9.17) is 0 Å². The molecule has 3 rings (SSSR count). The number of para-hydroxylation sites is 1. The second kappa shape index (κ2) is 7.72. The molecule has 0 saturated carbocycles. The van der Waals surface area contributed by atoms with E-state index in [0.717, 1.165) is 33.3 Å². The summed E-state index contributed by atoms with van der Waals surface area (Å²) in [5.41, 5.74) is 5.27. The first-order chi connectivity index (χ1) is 12.9. The van der Waals surface area contributed by atoms with Crippen LogP contribution in [-0.2, 0) is 6.54 Å². The van der Waals surface area contributed by atoms with Crippen molar-refractivity contribution in [2.45, 2.75) is 26.8 Å². The minimum Gasteiger partial charge on any atom is -0.477 e. The number of carbonyl (C=O) groups is 1. The molecule has 0 radical (unpaired) electrons. The van der Waals surface area contributed by atoms with Crippen molar-refractivity contribution in [3.8, 4) is 0 Å². The fraction of sp³-hybridized carbons (Fsp3) is 0.190. The number of fused-ring (bicyclic) bond motifs is 1. The Balaban J connectivity index is 2.06. The van der Waals surface area contributed by atoms with Crippen LogP contribution < -0.4 is 5.43 Å². The summed E-state index contributed by atoms with van der Waals surface area (Å²) < 4.78 is 2.90. The Bertz CT molecular complexity index is 1120. The van der Waals surface area contributed by atoms with Gasteiger partial charge in [-0.3, -0.25) is 4.79 Å². The van der Waals surface area contributed by atoms with Gasteiger partial charge in [0.15, 0.2) is 5.43 Å². The zero-order chi connectivity index (χ0) is 19.6. The fourth-order valence-electron chi connectivity index (χ4n) is 3.06. The van der Waals surface area contributed by atoms with Crippen molar-refractivity contribution >= 4 is 38.7 Å². The van der Waals surface area contributed by atoms with Crippen LogP contribution in [0.1, 0.15) is 41.9 Å². The number of allylic oxidation sites excluding steroid dienone is 3. The third kappa shape index (κ3) is 3.75. The molecule has 0 fully saturated rings. The van der Waals surface area contributed by atoms with Gasteiger partial charge in [0.2, 0.25) is 0 Å². The number of thiazole rings is 1. The number of pyridine rings is 1. The van der Waals surface area contributed by atoms with E-state index in [-0.39, 0.29) is 5.56 Å². The van der Waals surface area contributed by atoms with Gasteiger partial charge in [0, 0.05) is 30.1 Å². The van der Waals surface area contributed by atoms with Crippen LogP contribution in [0.3, 0.4) is 0 Å². The Morgan fingerprint density at radius 1 is 1.37 bits per heavy atom. The lowest BCUT2D eigenvalue weighted by Gasteiger charge is -2.14. The molecule has 3 aromatic rings. The van der Waals surface area contributed by atoms with Crippen LogP contribution in [0.4, 0.5) is 0 Å². The molecule has 2 heterocycles. The van der Waals surface area contributed by atoms with E-state index in [1.54, 1.807) is 11.3 Å². The van der Waals surface area contributed by atoms with Gasteiger partial charge in [0.1, 0.15) is 5.56 Å². The summed E-state index contributed by atoms with van der Waals surface area (Å²) in [6.07, 6.45) is 4.15. The zero-order valence-electron chi connectivity index (χ0n) is 15.2. The molecule has 27 heavy (non-hydrogen) atoms. The first-order valence-electron chi connectivity index (χ1n) is 8.60. The first kappa shape index (κ1) is 18.8. The molecule has 138 valence electrons. The van der Waals surface area contributed by atoms with E-state index in [1.165, 1.54) is 12.3 Å². The summed E-state index contributed by atoms with van der Waals surface area (Å²) in [6, 6.07) is 7.35. The van der Waals surface area contributed by atoms with Gasteiger partial charge in [-0.1, -0.05) is 25.6 Å². The molecule has 0 saturated heterocycles. The lowest BCUT2D eigenvalue weighted by Crippen LogP contribution is -2.19. The predicted molar refractivity (Wildman–Crippen MR) is 110 cm³/mol. The van der Waals surface area contributed by atoms with Crippen molar-refractivity contribution in [1.82, 2.24) is 9.55 Å². The van der Waals surface area contributed by atoms with Gasteiger partial charge in [-0.05, 0) is 36.6 Å². The number of aromatic nitrogens is 2. The molecule has 2 aromatic heterocycles. The number of aromatic carboxylic acids is 1. The molecule has 0 aliphatic heterocycles. The Morgan fingerprint density at radius 2 is 2.15 bits per heavy atom. The number of hydrogen-bond acceptors (Lipinski definition) is 4. The molecule has 0 atom stereocenters. The van der Waals surface area contributed by atoms with Crippen molar-refractivity contribution in [2.24, 2.45) is 0 Å². The molecule has 1 aromatic carbocycles. The van der Waals surface area contributed by atoms with Crippen LogP contribution in [0.25, 0.3) is 21.4 Å². The highest BCUT2D eigenvalue weighted by molar-refractivity contribution is 7.16. The van der Waals surface area contributed by atoms with Crippen LogP contribution in [-0.4, -0.2) is 20.6 Å². The largest absolute Gasteiger partial charge is 0.477 e. The van der Waals surface area contributed by atoms with E-state index in [9.17, 15) is 14.7 Å². The smallest absolute Gasteiger partial charge is 0.341 e. The number of carboxylic acid groups (broad SMARTS) is 1. The normalized spacial score (nSPS) is 11.7. The summed E-state index contributed by atoms with van der Waals surface area (Å²) in [4.78, 5) is 27.9. The zero-order valence-corrected chi connectivity index (χ0v) is 16.0. The van der Waals surface area contributed by atoms with Crippen molar-refractivity contribution in [1.29, 1.82) is 0 Å². The third-order valence-corrected chi connectivity index (χ3v) is 5.12. The molecule has 0 aliphatic carbocycles. The molecular weight excluding hydrogens is 360 g/mol. The van der Waals surface area contributed by atoms with Gasteiger partial charge in [-0.25, -0.2) is 9.78 Å². The van der Waals surface area contributed by atoms with Crippen LogP contribution in [0.5, 0.6) is 0 Å². The highest BCUT2D eigenvalue weighted by atomic mass is 32.1. The minimum absolute atomic E-state index is 0.217. The lowest BCUT2D eigenvalue weighted by molar-refractivity contribution is 0.0694. The van der Waals surface area contributed by atoms with Gasteiger partial charge >= 0.3 is 5.97 Å². The van der Waals surface area contributed by atoms with Crippen molar-refractivity contribution in [3.63, 3.8) is 0 Å². The van der Waals surface area contributed by atoms with Crippen molar-refractivity contribution in [3.05, 3.63) is 75.7 Å². The molecule has 0 amide bonds. The highest BCUT2D eigenvalue weighted by Gasteiger charge is 2.14. The summed E-state index contributed by atoms with van der Waals surface area (Å²) in [5.74, 6) is -1.21. The molecule has 0 spiro atoms. The molecular formula is C21H20N2O3S. The predicted octanol–water partition coefficient (Wildman–Crippen LogP) is 4.68. The molecule has 0 bridgehead atoms. The molecule has 5 nitrogen and oxygen atoms in total. The molecule has 0 unspecified atom stereocenters. The fourth-order valence-corrected chi connectivity index (χ4v) is 3.76. The monoisotopic (exact) mass is 380 g/mol. The minimum atomic E-state index is -1.21. The third-order valence-electron chi connectivity index (χ3n) is 4.32.